The molecule has 3 rings (SSSR count). The summed E-state index contributed by atoms with van der Waals surface area (Å²) in [5.74, 6) is -1.20. The maximum atomic E-state index is 13.4. The normalized spacial score (nSPS) is 12.9. The summed E-state index contributed by atoms with van der Waals surface area (Å²) in [6, 6.07) is 11.1. The first-order chi connectivity index (χ1) is 12.8. The number of aliphatic imine (C=N–C) groups is 1. The van der Waals surface area contributed by atoms with Crippen molar-refractivity contribution < 1.29 is 9.50 Å². The van der Waals surface area contributed by atoms with E-state index >= 15 is 0 Å². The SMILES string of the molecule is [O-]C(=NC(c1ccc(Cl)c(Cl)c1)c1ccc(Cl)cn1)c1ccc(F)c(Cl)c1. The predicted octanol–water partition coefficient (Wildman–Crippen LogP) is 5.73. The van der Waals surface area contributed by atoms with Crippen LogP contribution in [-0.2, 0) is 0 Å². The first-order valence-corrected chi connectivity index (χ1v) is 9.13. The number of hydrogen-bond donors (Lipinski definition) is 0. The molecule has 0 N–H and O–H groups in total. The number of hydrogen-bond acceptors (Lipinski definition) is 3. The molecule has 27 heavy (non-hydrogen) atoms. The maximum Gasteiger partial charge on any atom is 0.141 e. The van der Waals surface area contributed by atoms with Crippen molar-refractivity contribution in [2.45, 2.75) is 6.04 Å². The van der Waals surface area contributed by atoms with Crippen LogP contribution in [0.5, 0.6) is 0 Å². The Morgan fingerprint density at radius 1 is 0.926 bits per heavy atom. The number of benzene rings is 2. The van der Waals surface area contributed by atoms with Crippen molar-refractivity contribution in [2.24, 2.45) is 4.99 Å². The lowest BCUT2D eigenvalue weighted by atomic mass is 10.0. The standard InChI is InChI=1S/C19H11Cl4FN2O/c20-12-3-6-17(25-9-12)18(10-1-4-13(21)14(22)7-10)26-19(27)11-2-5-16(24)15(23)8-11/h1-9,18H,(H,26,27)/p-1. The van der Waals surface area contributed by atoms with Crippen LogP contribution >= 0.6 is 46.4 Å². The molecule has 0 aliphatic heterocycles. The fourth-order valence-electron chi connectivity index (χ4n) is 2.36. The largest absolute Gasteiger partial charge is 0.858 e. The minimum atomic E-state index is -0.756. The monoisotopic (exact) mass is 441 g/mol. The van der Waals surface area contributed by atoms with Gasteiger partial charge in [-0.3, -0.25) is 9.98 Å². The maximum absolute atomic E-state index is 13.4. The molecule has 1 unspecified atom stereocenters. The van der Waals surface area contributed by atoms with Crippen LogP contribution in [0.25, 0.3) is 0 Å². The predicted molar refractivity (Wildman–Crippen MR) is 105 cm³/mol. The molecule has 3 nitrogen and oxygen atoms in total. The molecular weight excluding hydrogens is 433 g/mol. The molecular formula is C19H10Cl4FN2O-. The Morgan fingerprint density at radius 2 is 1.70 bits per heavy atom. The van der Waals surface area contributed by atoms with Gasteiger partial charge in [0.25, 0.3) is 0 Å². The molecule has 0 saturated heterocycles. The summed E-state index contributed by atoms with van der Waals surface area (Å²) in [5, 5.41) is 13.6. The Morgan fingerprint density at radius 3 is 2.33 bits per heavy atom. The van der Waals surface area contributed by atoms with E-state index in [1.807, 2.05) is 0 Å². The lowest BCUT2D eigenvalue weighted by Gasteiger charge is -2.19. The van der Waals surface area contributed by atoms with Crippen LogP contribution in [0.1, 0.15) is 22.9 Å². The summed E-state index contributed by atoms with van der Waals surface area (Å²) in [4.78, 5) is 8.48. The average Bonchev–Trinajstić information content (AvgIpc) is 2.65. The molecule has 0 radical (unpaired) electrons. The topological polar surface area (TPSA) is 48.3 Å². The van der Waals surface area contributed by atoms with Gasteiger partial charge in [0.1, 0.15) is 11.9 Å². The van der Waals surface area contributed by atoms with Gasteiger partial charge in [0.15, 0.2) is 0 Å². The molecule has 1 atom stereocenters. The molecule has 0 aliphatic carbocycles. The van der Waals surface area contributed by atoms with Gasteiger partial charge in [-0.05, 0) is 53.4 Å². The second-order valence-corrected chi connectivity index (χ2v) is 7.20. The van der Waals surface area contributed by atoms with Crippen LogP contribution in [0.4, 0.5) is 4.39 Å². The Hall–Kier alpha value is -1.85. The number of pyridine rings is 1. The Balaban J connectivity index is 2.09. The summed E-state index contributed by atoms with van der Waals surface area (Å²) in [7, 11) is 0. The fraction of sp³-hybridized carbons (Fsp3) is 0.0526. The van der Waals surface area contributed by atoms with Crippen LogP contribution in [0.15, 0.2) is 59.7 Å². The molecule has 0 amide bonds. The van der Waals surface area contributed by atoms with Gasteiger partial charge in [-0.1, -0.05) is 58.5 Å². The van der Waals surface area contributed by atoms with Gasteiger partial charge in [-0.2, -0.15) is 0 Å². The van der Waals surface area contributed by atoms with Crippen LogP contribution < -0.4 is 5.11 Å². The Labute approximate surface area is 175 Å². The second kappa shape index (κ2) is 8.44. The summed E-state index contributed by atoms with van der Waals surface area (Å²) < 4.78 is 13.4. The van der Waals surface area contributed by atoms with Gasteiger partial charge in [0.05, 0.1) is 25.8 Å². The van der Waals surface area contributed by atoms with Crippen molar-refractivity contribution >= 4 is 52.3 Å². The quantitative estimate of drug-likeness (QED) is 0.382. The molecule has 2 aromatic carbocycles. The number of rotatable bonds is 4. The lowest BCUT2D eigenvalue weighted by molar-refractivity contribution is -0.213. The van der Waals surface area contributed by atoms with Crippen LogP contribution in [0.2, 0.25) is 20.1 Å². The van der Waals surface area contributed by atoms with Crippen molar-refractivity contribution in [1.82, 2.24) is 4.98 Å². The van der Waals surface area contributed by atoms with E-state index in [1.165, 1.54) is 18.3 Å². The van der Waals surface area contributed by atoms with Crippen LogP contribution in [0.3, 0.4) is 0 Å². The summed E-state index contributed by atoms with van der Waals surface area (Å²) in [6.45, 7) is 0. The first kappa shape index (κ1) is 19.9. The molecule has 138 valence electrons. The van der Waals surface area contributed by atoms with Gasteiger partial charge < -0.3 is 5.11 Å². The Kier molecular flexibility index (Phi) is 6.22. The zero-order valence-electron chi connectivity index (χ0n) is 13.5. The van der Waals surface area contributed by atoms with Crippen molar-refractivity contribution in [3.05, 3.63) is 97.5 Å². The molecule has 0 aliphatic rings. The third-order valence-corrected chi connectivity index (χ3v) is 4.95. The van der Waals surface area contributed by atoms with Crippen molar-refractivity contribution in [1.29, 1.82) is 0 Å². The average molecular weight is 443 g/mol. The van der Waals surface area contributed by atoms with E-state index < -0.39 is 17.8 Å². The third kappa shape index (κ3) is 4.71. The van der Waals surface area contributed by atoms with Gasteiger partial charge in [-0.25, -0.2) is 4.39 Å². The molecule has 1 heterocycles. The smallest absolute Gasteiger partial charge is 0.141 e. The molecule has 3 aromatic rings. The van der Waals surface area contributed by atoms with Gasteiger partial charge in [0, 0.05) is 6.20 Å². The van der Waals surface area contributed by atoms with Crippen LogP contribution in [-0.4, -0.2) is 10.9 Å². The van der Waals surface area contributed by atoms with E-state index in [0.717, 1.165) is 6.07 Å². The molecule has 0 fully saturated rings. The summed E-state index contributed by atoms with van der Waals surface area (Å²) in [6.07, 6.45) is 1.45. The zero-order valence-corrected chi connectivity index (χ0v) is 16.5. The number of aromatic nitrogens is 1. The van der Waals surface area contributed by atoms with Gasteiger partial charge in [-0.15, -0.1) is 0 Å². The summed E-state index contributed by atoms with van der Waals surface area (Å²) >= 11 is 23.7. The van der Waals surface area contributed by atoms with Crippen LogP contribution in [0, 0.1) is 5.82 Å². The van der Waals surface area contributed by atoms with E-state index in [-0.39, 0.29) is 10.6 Å². The van der Waals surface area contributed by atoms with Crippen molar-refractivity contribution in [3.63, 3.8) is 0 Å². The highest BCUT2D eigenvalue weighted by Gasteiger charge is 2.16. The van der Waals surface area contributed by atoms with E-state index in [1.54, 1.807) is 30.3 Å². The Bertz CT molecular complexity index is 1010. The van der Waals surface area contributed by atoms with Crippen molar-refractivity contribution in [2.75, 3.05) is 0 Å². The summed E-state index contributed by atoms with van der Waals surface area (Å²) in [5.41, 5.74) is 1.25. The molecule has 0 spiro atoms. The minimum absolute atomic E-state index is 0.153. The first-order valence-electron chi connectivity index (χ1n) is 7.62. The highest BCUT2D eigenvalue weighted by atomic mass is 35.5. The van der Waals surface area contributed by atoms with E-state index in [4.69, 9.17) is 46.4 Å². The fourth-order valence-corrected chi connectivity index (χ4v) is 2.96. The van der Waals surface area contributed by atoms with E-state index in [0.29, 0.717) is 26.3 Å². The second-order valence-electron chi connectivity index (χ2n) is 5.54. The lowest BCUT2D eigenvalue weighted by Crippen LogP contribution is -2.21. The zero-order chi connectivity index (χ0) is 19.6. The highest BCUT2D eigenvalue weighted by molar-refractivity contribution is 6.42. The van der Waals surface area contributed by atoms with E-state index in [2.05, 4.69) is 9.98 Å². The minimum Gasteiger partial charge on any atom is -0.858 e. The van der Waals surface area contributed by atoms with Gasteiger partial charge >= 0.3 is 0 Å². The van der Waals surface area contributed by atoms with Crippen molar-refractivity contribution in [3.8, 4) is 0 Å². The highest BCUT2D eigenvalue weighted by Crippen LogP contribution is 2.31. The number of halogens is 5. The van der Waals surface area contributed by atoms with Gasteiger partial charge in [0.2, 0.25) is 0 Å². The third-order valence-electron chi connectivity index (χ3n) is 3.70. The number of nitrogens with zero attached hydrogens (tertiary/aromatic N) is 2. The molecule has 1 aromatic heterocycles. The molecule has 8 heteroatoms. The van der Waals surface area contributed by atoms with E-state index in [9.17, 15) is 9.50 Å². The molecule has 0 saturated carbocycles. The molecule has 0 bridgehead atoms.